The third-order valence-corrected chi connectivity index (χ3v) is 9.60. The van der Waals surface area contributed by atoms with Crippen LogP contribution < -0.4 is 5.30 Å². The molecule has 3 heterocycles. The molecule has 4 rings (SSSR count). The van der Waals surface area contributed by atoms with Crippen molar-refractivity contribution in [2.75, 3.05) is 66.7 Å². The van der Waals surface area contributed by atoms with Crippen molar-refractivity contribution in [1.82, 2.24) is 18.9 Å². The molecule has 0 saturated carbocycles. The lowest BCUT2D eigenvalue weighted by Crippen LogP contribution is -2.47. The number of hydrogen-bond acceptors (Lipinski definition) is 5. The number of aromatic nitrogens is 1. The maximum Gasteiger partial charge on any atom is 0.248 e. The van der Waals surface area contributed by atoms with Crippen LogP contribution in [0.15, 0.2) is 35.4 Å². The Hall–Kier alpha value is -1.96. The van der Waals surface area contributed by atoms with Crippen LogP contribution in [0.5, 0.6) is 0 Å². The highest BCUT2D eigenvalue weighted by Crippen LogP contribution is 2.54. The van der Waals surface area contributed by atoms with Crippen LogP contribution in [-0.4, -0.2) is 91.8 Å². The van der Waals surface area contributed by atoms with Gasteiger partial charge in [-0.3, -0.25) is 4.57 Å². The van der Waals surface area contributed by atoms with Gasteiger partial charge in [-0.2, -0.15) is 5.10 Å². The van der Waals surface area contributed by atoms with Gasteiger partial charge in [-0.05, 0) is 26.0 Å². The Morgan fingerprint density at radius 3 is 1.94 bits per heavy atom. The van der Waals surface area contributed by atoms with E-state index in [4.69, 9.17) is 9.47 Å². The Kier molecular flexibility index (Phi) is 7.17. The molecule has 2 fully saturated rings. The lowest BCUT2D eigenvalue weighted by Gasteiger charge is -2.42. The first-order valence-corrected chi connectivity index (χ1v) is 12.8. The zero-order chi connectivity index (χ0) is 22.7. The molecular formula is C23H34N5O3P. The molecule has 1 aromatic heterocycles. The first kappa shape index (κ1) is 23.2. The van der Waals surface area contributed by atoms with Gasteiger partial charge in [0, 0.05) is 62.9 Å². The van der Waals surface area contributed by atoms with Gasteiger partial charge < -0.3 is 19.0 Å². The van der Waals surface area contributed by atoms with Crippen molar-refractivity contribution < 1.29 is 14.0 Å². The molecule has 32 heavy (non-hydrogen) atoms. The van der Waals surface area contributed by atoms with Crippen molar-refractivity contribution in [2.24, 2.45) is 5.10 Å². The van der Waals surface area contributed by atoms with Gasteiger partial charge in [-0.25, -0.2) is 9.34 Å². The summed E-state index contributed by atoms with van der Waals surface area (Å²) in [5, 5.41) is 7.21. The minimum atomic E-state index is -3.11. The van der Waals surface area contributed by atoms with E-state index in [1.807, 2.05) is 38.5 Å². The molecule has 0 bridgehead atoms. The molecule has 0 amide bonds. The summed E-state index contributed by atoms with van der Waals surface area (Å²) in [6.45, 7) is 9.11. The van der Waals surface area contributed by atoms with E-state index in [0.717, 1.165) is 27.9 Å². The van der Waals surface area contributed by atoms with Crippen molar-refractivity contribution in [3.05, 3.63) is 47.3 Å². The van der Waals surface area contributed by atoms with Crippen LogP contribution >= 0.6 is 7.44 Å². The van der Waals surface area contributed by atoms with Gasteiger partial charge in [-0.1, -0.05) is 18.2 Å². The Labute approximate surface area is 190 Å². The van der Waals surface area contributed by atoms with E-state index in [2.05, 4.69) is 45.0 Å². The number of ether oxygens (including phenoxy) is 2. The molecule has 8 nitrogen and oxygen atoms in total. The predicted molar refractivity (Wildman–Crippen MR) is 129 cm³/mol. The highest BCUT2D eigenvalue weighted by Gasteiger charge is 2.44. The molecule has 2 aliphatic heterocycles. The number of benzene rings is 1. The molecule has 2 aliphatic rings. The number of rotatable bonds is 6. The summed E-state index contributed by atoms with van der Waals surface area (Å²) >= 11 is 0. The van der Waals surface area contributed by atoms with Crippen molar-refractivity contribution in [3.8, 4) is 5.69 Å². The van der Waals surface area contributed by atoms with Gasteiger partial charge in [0.25, 0.3) is 0 Å². The molecule has 0 radical (unpaired) electrons. The Morgan fingerprint density at radius 1 is 0.906 bits per heavy atom. The van der Waals surface area contributed by atoms with E-state index >= 15 is 4.57 Å². The van der Waals surface area contributed by atoms with Crippen LogP contribution in [0.25, 0.3) is 5.69 Å². The number of hydrazone groups is 1. The molecule has 2 aromatic rings. The minimum absolute atomic E-state index is 0.590. The average Bonchev–Trinajstić information content (AvgIpc) is 3.08. The Bertz CT molecular complexity index is 971. The van der Waals surface area contributed by atoms with Crippen LogP contribution in [0.3, 0.4) is 0 Å². The van der Waals surface area contributed by atoms with Crippen LogP contribution in [0.1, 0.15) is 17.0 Å². The van der Waals surface area contributed by atoms with Crippen LogP contribution in [0.4, 0.5) is 0 Å². The van der Waals surface area contributed by atoms with Gasteiger partial charge in [0.15, 0.2) is 0 Å². The monoisotopic (exact) mass is 459 g/mol. The quantitative estimate of drug-likeness (QED) is 0.376. The molecule has 0 spiro atoms. The molecule has 0 aliphatic carbocycles. The lowest BCUT2D eigenvalue weighted by atomic mass is 10.2. The van der Waals surface area contributed by atoms with Crippen molar-refractivity contribution >= 4 is 19.0 Å². The fourth-order valence-electron chi connectivity index (χ4n) is 4.62. The zero-order valence-electron chi connectivity index (χ0n) is 19.5. The third kappa shape index (κ3) is 4.30. The second-order valence-corrected chi connectivity index (χ2v) is 11.0. The maximum atomic E-state index is 15.3. The Balaban J connectivity index is 1.96. The van der Waals surface area contributed by atoms with Gasteiger partial charge >= 0.3 is 0 Å². The molecule has 2 saturated heterocycles. The van der Waals surface area contributed by atoms with Crippen LogP contribution in [0.2, 0.25) is 0 Å². The summed E-state index contributed by atoms with van der Waals surface area (Å²) in [4.78, 5) is 0. The molecule has 0 N–H and O–H groups in total. The summed E-state index contributed by atoms with van der Waals surface area (Å²) in [6.07, 6.45) is 1.87. The number of hydrogen-bond donors (Lipinski definition) is 0. The summed E-state index contributed by atoms with van der Waals surface area (Å²) in [5.74, 6) is 0. The van der Waals surface area contributed by atoms with Crippen molar-refractivity contribution in [2.45, 2.75) is 13.8 Å². The zero-order valence-corrected chi connectivity index (χ0v) is 20.4. The van der Waals surface area contributed by atoms with E-state index in [-0.39, 0.29) is 0 Å². The first-order valence-electron chi connectivity index (χ1n) is 11.2. The number of nitrogens with zero attached hydrogens (tertiary/aromatic N) is 5. The van der Waals surface area contributed by atoms with Crippen LogP contribution in [-0.2, 0) is 14.0 Å². The molecule has 0 unspecified atom stereocenters. The molecule has 174 valence electrons. The highest BCUT2D eigenvalue weighted by atomic mass is 31.2. The topological polar surface area (TPSA) is 62.5 Å². The summed E-state index contributed by atoms with van der Waals surface area (Å²) < 4.78 is 33.0. The number of para-hydroxylation sites is 1. The van der Waals surface area contributed by atoms with E-state index in [1.54, 1.807) is 5.01 Å². The van der Waals surface area contributed by atoms with Gasteiger partial charge in [0.1, 0.15) is 0 Å². The highest BCUT2D eigenvalue weighted by molar-refractivity contribution is 7.67. The second-order valence-electron chi connectivity index (χ2n) is 8.37. The van der Waals surface area contributed by atoms with E-state index in [0.29, 0.717) is 52.6 Å². The standard InChI is InChI=1S/C23H34N5O3P/c1-19-22(18-24-25(3)4)23(20(2)28(19)21-8-6-5-7-9-21)32(29,26-10-14-30-15-11-26)27-12-16-31-17-13-27/h5-9,18H,10-17H2,1-4H3. The molecular weight excluding hydrogens is 425 g/mol. The van der Waals surface area contributed by atoms with Crippen LogP contribution in [0, 0.1) is 13.8 Å². The van der Waals surface area contributed by atoms with Gasteiger partial charge in [0.2, 0.25) is 7.44 Å². The second kappa shape index (κ2) is 9.89. The molecule has 9 heteroatoms. The predicted octanol–water partition coefficient (Wildman–Crippen LogP) is 2.47. The normalized spacial score (nSPS) is 19.0. The lowest BCUT2D eigenvalue weighted by molar-refractivity contribution is 0.0538. The fraction of sp³-hybridized carbons (Fsp3) is 0.522. The summed E-state index contributed by atoms with van der Waals surface area (Å²) in [6, 6.07) is 10.3. The molecule has 0 atom stereocenters. The SMILES string of the molecule is Cc1c(C=NN(C)C)c(P(=O)(N2CCOCC2)N2CCOCC2)c(C)n1-c1ccccc1. The van der Waals surface area contributed by atoms with E-state index in [1.165, 1.54) is 0 Å². The van der Waals surface area contributed by atoms with Crippen molar-refractivity contribution in [1.29, 1.82) is 0 Å². The summed E-state index contributed by atoms with van der Waals surface area (Å²) in [7, 11) is 0.690. The first-order chi connectivity index (χ1) is 15.4. The average molecular weight is 460 g/mol. The Morgan fingerprint density at radius 2 is 1.44 bits per heavy atom. The minimum Gasteiger partial charge on any atom is -0.379 e. The van der Waals surface area contributed by atoms with Crippen molar-refractivity contribution in [3.63, 3.8) is 0 Å². The largest absolute Gasteiger partial charge is 0.379 e. The number of morpholine rings is 2. The maximum absolute atomic E-state index is 15.3. The van der Waals surface area contributed by atoms with Gasteiger partial charge in [0.05, 0.1) is 37.9 Å². The third-order valence-electron chi connectivity index (χ3n) is 6.12. The smallest absolute Gasteiger partial charge is 0.248 e. The fourth-order valence-corrected chi connectivity index (χ4v) is 8.00. The molecule has 1 aromatic carbocycles. The van der Waals surface area contributed by atoms with E-state index in [9.17, 15) is 0 Å². The summed E-state index contributed by atoms with van der Waals surface area (Å²) in [5.41, 5.74) is 4.02. The van der Waals surface area contributed by atoms with Gasteiger partial charge in [-0.15, -0.1) is 0 Å². The van der Waals surface area contributed by atoms with E-state index < -0.39 is 7.44 Å².